The predicted octanol–water partition coefficient (Wildman–Crippen LogP) is 2.25. The van der Waals surface area contributed by atoms with E-state index >= 15 is 0 Å². The van der Waals surface area contributed by atoms with Gasteiger partial charge in [-0.15, -0.1) is 0 Å². The third-order valence-electron chi connectivity index (χ3n) is 4.70. The minimum absolute atomic E-state index is 0.0229. The van der Waals surface area contributed by atoms with Crippen LogP contribution in [0.4, 0.5) is 0 Å². The van der Waals surface area contributed by atoms with Gasteiger partial charge in [0.1, 0.15) is 6.04 Å². The molecule has 1 N–H and O–H groups in total. The van der Waals surface area contributed by atoms with Crippen molar-refractivity contribution in [3.05, 3.63) is 35.4 Å². The summed E-state index contributed by atoms with van der Waals surface area (Å²) in [5.74, 6) is -1.60. The molecule has 0 saturated carbocycles. The minimum atomic E-state index is -1.05. The molecule has 0 fully saturated rings. The van der Waals surface area contributed by atoms with Crippen LogP contribution in [0.25, 0.3) is 0 Å². The second kappa shape index (κ2) is 10.3. The number of imide groups is 1. The van der Waals surface area contributed by atoms with Gasteiger partial charge in [0.2, 0.25) is 0 Å². The zero-order chi connectivity index (χ0) is 20.7. The molecule has 1 heterocycles. The Morgan fingerprint density at radius 3 is 2.18 bits per heavy atom. The van der Waals surface area contributed by atoms with Crippen molar-refractivity contribution in [2.24, 2.45) is 0 Å². The molecule has 0 radical (unpaired) electrons. The number of nitrogens with one attached hydrogen (secondary N) is 1. The number of amides is 3. The van der Waals surface area contributed by atoms with E-state index in [-0.39, 0.29) is 23.6 Å². The van der Waals surface area contributed by atoms with Crippen LogP contribution in [0.2, 0.25) is 0 Å². The molecule has 1 aromatic carbocycles. The Kier molecular flexibility index (Phi) is 8.04. The third kappa shape index (κ3) is 4.92. The first-order valence-electron chi connectivity index (χ1n) is 9.36. The first-order valence-corrected chi connectivity index (χ1v) is 10.8. The summed E-state index contributed by atoms with van der Waals surface area (Å²) in [7, 11) is 0. The molecule has 3 amide bonds. The van der Waals surface area contributed by atoms with E-state index in [0.717, 1.165) is 17.7 Å². The van der Waals surface area contributed by atoms with Crippen LogP contribution in [0.15, 0.2) is 24.3 Å². The van der Waals surface area contributed by atoms with Gasteiger partial charge < -0.3 is 10.1 Å². The SMILES string of the molecule is CCC(CC)NC(=O)COC(=O)[C@H](CCSC)N1C(=O)c2ccccc2C1=O. The number of fused-ring (bicyclic) bond motifs is 1. The van der Waals surface area contributed by atoms with Crippen molar-refractivity contribution in [3.63, 3.8) is 0 Å². The lowest BCUT2D eigenvalue weighted by Gasteiger charge is -2.24. The van der Waals surface area contributed by atoms with Crippen molar-refractivity contribution in [3.8, 4) is 0 Å². The molecule has 0 bridgehead atoms. The molecule has 152 valence electrons. The smallest absolute Gasteiger partial charge is 0.329 e. The highest BCUT2D eigenvalue weighted by atomic mass is 32.2. The first-order chi connectivity index (χ1) is 13.4. The van der Waals surface area contributed by atoms with E-state index in [2.05, 4.69) is 5.32 Å². The summed E-state index contributed by atoms with van der Waals surface area (Å²) in [5.41, 5.74) is 0.557. The second-order valence-electron chi connectivity index (χ2n) is 6.51. The van der Waals surface area contributed by atoms with Crippen LogP contribution in [-0.2, 0) is 14.3 Å². The normalized spacial score (nSPS) is 14.2. The van der Waals surface area contributed by atoms with Crippen LogP contribution < -0.4 is 5.32 Å². The number of carbonyl (C=O) groups excluding carboxylic acids is 4. The molecule has 28 heavy (non-hydrogen) atoms. The van der Waals surface area contributed by atoms with Crippen molar-refractivity contribution in [1.82, 2.24) is 10.2 Å². The van der Waals surface area contributed by atoms with Crippen LogP contribution >= 0.6 is 11.8 Å². The quantitative estimate of drug-likeness (QED) is 0.473. The fourth-order valence-corrected chi connectivity index (χ4v) is 3.53. The standard InChI is InChI=1S/C20H26N2O5S/c1-4-13(5-2)21-17(23)12-27-20(26)16(10-11-28-3)22-18(24)14-8-6-7-9-15(14)19(22)25/h6-9,13,16H,4-5,10-12H2,1-3H3,(H,21,23)/t16-/m0/s1. The Hall–Kier alpha value is -2.35. The van der Waals surface area contributed by atoms with Crippen molar-refractivity contribution in [2.45, 2.75) is 45.2 Å². The molecule has 1 atom stereocenters. The number of hydrogen-bond acceptors (Lipinski definition) is 6. The van der Waals surface area contributed by atoms with Crippen molar-refractivity contribution >= 4 is 35.5 Å². The molecule has 7 nitrogen and oxygen atoms in total. The molecular formula is C20H26N2O5S. The Bertz CT molecular complexity index is 713. The molecule has 1 aliphatic rings. The molecule has 0 aromatic heterocycles. The summed E-state index contributed by atoms with van der Waals surface area (Å²) in [6, 6.07) is 5.44. The Labute approximate surface area is 169 Å². The molecule has 1 aromatic rings. The third-order valence-corrected chi connectivity index (χ3v) is 5.34. The highest BCUT2D eigenvalue weighted by Gasteiger charge is 2.43. The summed E-state index contributed by atoms with van der Waals surface area (Å²) in [5, 5.41) is 2.79. The number of ether oxygens (including phenoxy) is 1. The Balaban J connectivity index is 2.09. The second-order valence-corrected chi connectivity index (χ2v) is 7.50. The minimum Gasteiger partial charge on any atom is -0.454 e. The van der Waals surface area contributed by atoms with Crippen molar-refractivity contribution in [2.75, 3.05) is 18.6 Å². The van der Waals surface area contributed by atoms with Crippen LogP contribution in [0.5, 0.6) is 0 Å². The molecule has 0 spiro atoms. The van der Waals surface area contributed by atoms with Crippen molar-refractivity contribution < 1.29 is 23.9 Å². The van der Waals surface area contributed by atoms with E-state index in [0.29, 0.717) is 5.75 Å². The van der Waals surface area contributed by atoms with E-state index in [1.807, 2.05) is 20.1 Å². The van der Waals surface area contributed by atoms with Crippen LogP contribution in [-0.4, -0.2) is 59.3 Å². The van der Waals surface area contributed by atoms with Gasteiger partial charge in [-0.05, 0) is 43.4 Å². The fraction of sp³-hybridized carbons (Fsp3) is 0.500. The molecule has 1 aliphatic heterocycles. The molecular weight excluding hydrogens is 380 g/mol. The summed E-state index contributed by atoms with van der Waals surface area (Å²) >= 11 is 1.49. The number of thioether (sulfide) groups is 1. The van der Waals surface area contributed by atoms with Crippen LogP contribution in [0, 0.1) is 0 Å². The van der Waals surface area contributed by atoms with Crippen LogP contribution in [0.1, 0.15) is 53.8 Å². The summed E-state index contributed by atoms with van der Waals surface area (Å²) in [6.45, 7) is 3.48. The van der Waals surface area contributed by atoms with E-state index in [4.69, 9.17) is 4.74 Å². The molecule has 0 aliphatic carbocycles. The average molecular weight is 407 g/mol. The van der Waals surface area contributed by atoms with Gasteiger partial charge >= 0.3 is 5.97 Å². The van der Waals surface area contributed by atoms with Gasteiger partial charge in [-0.1, -0.05) is 26.0 Å². The van der Waals surface area contributed by atoms with E-state index in [1.54, 1.807) is 24.3 Å². The fourth-order valence-electron chi connectivity index (χ4n) is 3.07. The summed E-state index contributed by atoms with van der Waals surface area (Å²) in [6.07, 6.45) is 3.69. The molecule has 2 rings (SSSR count). The number of hydrogen-bond donors (Lipinski definition) is 1. The number of nitrogens with zero attached hydrogens (tertiary/aromatic N) is 1. The number of rotatable bonds is 10. The van der Waals surface area contributed by atoms with Gasteiger partial charge in [0, 0.05) is 6.04 Å². The lowest BCUT2D eigenvalue weighted by Crippen LogP contribution is -2.47. The molecule has 0 saturated heterocycles. The number of esters is 1. The summed E-state index contributed by atoms with van der Waals surface area (Å²) < 4.78 is 5.15. The monoisotopic (exact) mass is 406 g/mol. The average Bonchev–Trinajstić information content (AvgIpc) is 2.96. The maximum Gasteiger partial charge on any atom is 0.329 e. The van der Waals surface area contributed by atoms with Gasteiger partial charge in [0.05, 0.1) is 11.1 Å². The van der Waals surface area contributed by atoms with Gasteiger partial charge in [-0.25, -0.2) is 4.79 Å². The Morgan fingerprint density at radius 1 is 1.11 bits per heavy atom. The van der Waals surface area contributed by atoms with Gasteiger partial charge in [-0.3, -0.25) is 19.3 Å². The van der Waals surface area contributed by atoms with E-state index in [9.17, 15) is 19.2 Å². The largest absolute Gasteiger partial charge is 0.454 e. The zero-order valence-electron chi connectivity index (χ0n) is 16.4. The topological polar surface area (TPSA) is 92.8 Å². The number of benzene rings is 1. The first kappa shape index (κ1) is 21.9. The highest BCUT2D eigenvalue weighted by Crippen LogP contribution is 2.26. The number of carbonyl (C=O) groups is 4. The summed E-state index contributed by atoms with van der Waals surface area (Å²) in [4.78, 5) is 51.0. The maximum absolute atomic E-state index is 12.7. The van der Waals surface area contributed by atoms with Gasteiger partial charge in [-0.2, -0.15) is 11.8 Å². The molecule has 8 heteroatoms. The van der Waals surface area contributed by atoms with Gasteiger partial charge in [0.25, 0.3) is 17.7 Å². The predicted molar refractivity (Wildman–Crippen MR) is 107 cm³/mol. The lowest BCUT2D eigenvalue weighted by atomic mass is 10.1. The van der Waals surface area contributed by atoms with E-state index < -0.39 is 36.3 Å². The van der Waals surface area contributed by atoms with Crippen LogP contribution in [0.3, 0.4) is 0 Å². The Morgan fingerprint density at radius 2 is 1.68 bits per heavy atom. The lowest BCUT2D eigenvalue weighted by molar-refractivity contribution is -0.152. The van der Waals surface area contributed by atoms with Crippen molar-refractivity contribution in [1.29, 1.82) is 0 Å². The highest BCUT2D eigenvalue weighted by molar-refractivity contribution is 7.98. The van der Waals surface area contributed by atoms with E-state index in [1.165, 1.54) is 11.8 Å². The van der Waals surface area contributed by atoms with Gasteiger partial charge in [0.15, 0.2) is 6.61 Å². The zero-order valence-corrected chi connectivity index (χ0v) is 17.2. The maximum atomic E-state index is 12.7. The molecule has 0 unspecified atom stereocenters.